The molecular formula is C25H40N7O18P3S. The van der Waals surface area contributed by atoms with Gasteiger partial charge in [0.25, 0.3) is 0 Å². The van der Waals surface area contributed by atoms with Crippen LogP contribution in [0.25, 0.3) is 11.2 Å². The van der Waals surface area contributed by atoms with Gasteiger partial charge in [-0.25, -0.2) is 28.6 Å². The quantitative estimate of drug-likeness (QED) is 0.0398. The van der Waals surface area contributed by atoms with Gasteiger partial charge in [-0.15, -0.1) is 0 Å². The molecule has 2 aromatic heterocycles. The minimum Gasteiger partial charge on any atom is -0.386 e. The zero-order valence-electron chi connectivity index (χ0n) is 28.7. The molecule has 3 heterocycles. The van der Waals surface area contributed by atoms with E-state index in [0.29, 0.717) is 0 Å². The molecule has 54 heavy (non-hydrogen) atoms. The maximum atomic E-state index is 12.6. The number of carbonyl (C=O) groups is 4. The van der Waals surface area contributed by atoms with Crippen molar-refractivity contribution in [3.8, 4) is 0 Å². The van der Waals surface area contributed by atoms with Crippen molar-refractivity contribution >= 4 is 74.9 Å². The van der Waals surface area contributed by atoms with Gasteiger partial charge in [-0.3, -0.25) is 37.3 Å². The summed E-state index contributed by atoms with van der Waals surface area (Å²) in [4.78, 5) is 97.7. The van der Waals surface area contributed by atoms with Gasteiger partial charge in [0.15, 0.2) is 22.8 Å². The molecule has 1 aliphatic heterocycles. The van der Waals surface area contributed by atoms with E-state index in [-0.39, 0.29) is 59.6 Å². The number of aliphatic hydroxyl groups is 2. The third kappa shape index (κ3) is 13.8. The summed E-state index contributed by atoms with van der Waals surface area (Å²) in [7, 11) is -16.4. The molecule has 10 N–H and O–H groups in total. The summed E-state index contributed by atoms with van der Waals surface area (Å²) in [6.07, 6.45) is -7.24. The van der Waals surface area contributed by atoms with Crippen LogP contribution in [0, 0.1) is 5.41 Å². The number of imidazole rings is 1. The highest BCUT2D eigenvalue weighted by atomic mass is 32.2. The lowest BCUT2D eigenvalue weighted by Gasteiger charge is -2.30. The van der Waals surface area contributed by atoms with Crippen LogP contribution >= 0.6 is 35.2 Å². The number of amides is 2. The lowest BCUT2D eigenvalue weighted by atomic mass is 9.87. The number of nitrogens with zero attached hydrogens (tertiary/aromatic N) is 4. The number of phosphoric ester groups is 3. The Bertz CT molecular complexity index is 1830. The molecule has 1 aliphatic rings. The first-order chi connectivity index (χ1) is 24.9. The summed E-state index contributed by atoms with van der Waals surface area (Å²) >= 11 is 0.878. The van der Waals surface area contributed by atoms with Crippen LogP contribution in [-0.4, -0.2) is 128 Å². The summed E-state index contributed by atoms with van der Waals surface area (Å²) in [5, 5.41) is 25.8. The topological polar surface area (TPSA) is 381 Å². The number of thioether (sulfide) groups is 1. The van der Waals surface area contributed by atoms with Gasteiger partial charge in [0.2, 0.25) is 11.8 Å². The minimum atomic E-state index is -5.58. The van der Waals surface area contributed by atoms with Crippen molar-refractivity contribution in [3.05, 3.63) is 12.7 Å². The molecule has 0 radical (unpaired) electrons. The van der Waals surface area contributed by atoms with Gasteiger partial charge in [-0.05, 0) is 6.92 Å². The summed E-state index contributed by atoms with van der Waals surface area (Å²) in [6.45, 7) is 1.58. The van der Waals surface area contributed by atoms with Crippen molar-refractivity contribution in [1.29, 1.82) is 0 Å². The van der Waals surface area contributed by atoms with Gasteiger partial charge < -0.3 is 50.9 Å². The number of aromatic nitrogens is 4. The number of anilines is 1. The van der Waals surface area contributed by atoms with Crippen LogP contribution in [0.15, 0.2) is 12.7 Å². The Morgan fingerprint density at radius 2 is 1.72 bits per heavy atom. The lowest BCUT2D eigenvalue weighted by Crippen LogP contribution is -2.46. The number of ketones is 1. The highest BCUT2D eigenvalue weighted by molar-refractivity contribution is 8.13. The van der Waals surface area contributed by atoms with Crippen molar-refractivity contribution in [2.24, 2.45) is 5.41 Å². The number of ether oxygens (including phenoxy) is 1. The summed E-state index contributed by atoms with van der Waals surface area (Å²) in [6, 6.07) is 0. The first-order valence-corrected chi connectivity index (χ1v) is 21.0. The van der Waals surface area contributed by atoms with Gasteiger partial charge in [0.1, 0.15) is 42.0 Å². The number of carbonyl (C=O) groups excluding carboxylic acids is 4. The Hall–Kier alpha value is -2.77. The number of Topliss-reactive ketones (excluding diaryl/α,β-unsaturated/α-hetero) is 1. The molecule has 0 aromatic carbocycles. The van der Waals surface area contributed by atoms with Gasteiger partial charge in [-0.2, -0.15) is 4.31 Å². The number of fused-ring (bicyclic) bond motifs is 1. The molecule has 1 saturated heterocycles. The fourth-order valence-corrected chi connectivity index (χ4v) is 8.12. The van der Waals surface area contributed by atoms with Gasteiger partial charge >= 0.3 is 23.5 Å². The summed E-state index contributed by atoms with van der Waals surface area (Å²) < 4.78 is 61.9. The van der Waals surface area contributed by atoms with Crippen molar-refractivity contribution < 1.29 is 85.3 Å². The van der Waals surface area contributed by atoms with E-state index in [1.165, 1.54) is 20.8 Å². The maximum Gasteiger partial charge on any atom is 0.481 e. The van der Waals surface area contributed by atoms with E-state index in [4.69, 9.17) is 19.5 Å². The number of hydrogen-bond donors (Lipinski definition) is 9. The van der Waals surface area contributed by atoms with Crippen LogP contribution in [0.5, 0.6) is 0 Å². The zero-order chi connectivity index (χ0) is 40.6. The highest BCUT2D eigenvalue weighted by Crippen LogP contribution is 2.61. The lowest BCUT2D eigenvalue weighted by molar-refractivity contribution is -0.137. The number of nitrogens with two attached hydrogens (primary N) is 1. The SMILES string of the molecule is CC(=O)CC(=O)SCCNC(=O)CCNC(=O)C(O)C(C)(C)COP(=O)(O)OP(=O)(O)OCC1OC(n2cnc3c(N)ncnc32)C(O)C1OP(=O)(O)O. The van der Waals surface area contributed by atoms with Gasteiger partial charge in [-0.1, -0.05) is 25.6 Å². The highest BCUT2D eigenvalue weighted by Gasteiger charge is 2.50. The third-order valence-corrected chi connectivity index (χ3v) is 11.1. The number of hydrogen-bond acceptors (Lipinski definition) is 19. The molecule has 3 rings (SSSR count). The monoisotopic (exact) mass is 851 g/mol. The molecular weight excluding hydrogens is 811 g/mol. The van der Waals surface area contributed by atoms with Crippen LogP contribution in [0.2, 0.25) is 0 Å². The molecule has 7 unspecified atom stereocenters. The number of phosphoric acid groups is 3. The predicted molar refractivity (Wildman–Crippen MR) is 182 cm³/mol. The molecule has 0 spiro atoms. The second-order valence-corrected chi connectivity index (χ2v) is 17.6. The Kier molecular flexibility index (Phi) is 16.0. The molecule has 29 heteroatoms. The van der Waals surface area contributed by atoms with Crippen molar-refractivity contribution in [1.82, 2.24) is 30.2 Å². The number of rotatable bonds is 21. The molecule has 0 aliphatic carbocycles. The van der Waals surface area contributed by atoms with Crippen LogP contribution in [0.3, 0.4) is 0 Å². The van der Waals surface area contributed by atoms with Crippen molar-refractivity contribution in [2.45, 2.75) is 64.3 Å². The average Bonchev–Trinajstić information content (AvgIpc) is 3.60. The first kappa shape index (κ1) is 45.6. The molecule has 25 nitrogen and oxygen atoms in total. The second-order valence-electron chi connectivity index (χ2n) is 12.2. The fraction of sp³-hybridized carbons (Fsp3) is 0.640. The standard InChI is InChI=1S/C25H40N7O18P3S/c1-13(33)8-16(35)54-7-6-27-15(34)4-5-28-23(38)20(37)25(2,3)10-47-53(44,45)50-52(42,43)46-9-14-19(49-51(39,40)41)18(36)24(48-14)32-12-31-17-21(26)29-11-30-22(17)32/h11-12,14,18-20,24,36-37H,4-10H2,1-3H3,(H,27,34)(H,28,38)(H,42,43)(H,44,45)(H2,26,29,30)(H2,39,40,41). The first-order valence-electron chi connectivity index (χ1n) is 15.5. The molecule has 1 fully saturated rings. The minimum absolute atomic E-state index is 0.0240. The van der Waals surface area contributed by atoms with E-state index in [1.807, 2.05) is 0 Å². The number of nitrogen functional groups attached to an aromatic ring is 1. The van der Waals surface area contributed by atoms with E-state index in [0.717, 1.165) is 29.0 Å². The second kappa shape index (κ2) is 18.9. The predicted octanol–water partition coefficient (Wildman–Crippen LogP) is -1.36. The largest absolute Gasteiger partial charge is 0.481 e. The summed E-state index contributed by atoms with van der Waals surface area (Å²) in [5.41, 5.74) is 4.22. The van der Waals surface area contributed by atoms with Crippen LogP contribution in [0.4, 0.5) is 5.82 Å². The van der Waals surface area contributed by atoms with Crippen LogP contribution in [-0.2, 0) is 55.5 Å². The summed E-state index contributed by atoms with van der Waals surface area (Å²) in [5.74, 6) is -1.61. The van der Waals surface area contributed by atoms with Crippen molar-refractivity contribution in [2.75, 3.05) is 37.8 Å². The average molecular weight is 852 g/mol. The van der Waals surface area contributed by atoms with E-state index in [1.54, 1.807) is 0 Å². The molecule has 2 aromatic rings. The normalized spacial score (nSPS) is 21.9. The fourth-order valence-electron chi connectivity index (χ4n) is 4.55. The van der Waals surface area contributed by atoms with E-state index in [9.17, 15) is 62.7 Å². The Morgan fingerprint density at radius 1 is 1.06 bits per heavy atom. The van der Waals surface area contributed by atoms with Gasteiger partial charge in [0.05, 0.1) is 26.0 Å². The van der Waals surface area contributed by atoms with Crippen LogP contribution < -0.4 is 16.4 Å². The Morgan fingerprint density at radius 3 is 2.37 bits per heavy atom. The van der Waals surface area contributed by atoms with E-state index in [2.05, 4.69) is 34.4 Å². The molecule has 304 valence electrons. The molecule has 0 saturated carbocycles. The Labute approximate surface area is 310 Å². The van der Waals surface area contributed by atoms with E-state index >= 15 is 0 Å². The number of nitrogens with one attached hydrogen (secondary N) is 2. The van der Waals surface area contributed by atoms with Crippen molar-refractivity contribution in [3.63, 3.8) is 0 Å². The number of aliphatic hydroxyl groups excluding tert-OH is 2. The smallest absolute Gasteiger partial charge is 0.386 e. The van der Waals surface area contributed by atoms with Crippen LogP contribution in [0.1, 0.15) is 39.8 Å². The van der Waals surface area contributed by atoms with Gasteiger partial charge in [0, 0.05) is 30.7 Å². The molecule has 7 atom stereocenters. The molecule has 2 amide bonds. The third-order valence-electron chi connectivity index (χ3n) is 7.16. The maximum absolute atomic E-state index is 12.6. The molecule has 0 bridgehead atoms. The zero-order valence-corrected chi connectivity index (χ0v) is 32.2. The Balaban J connectivity index is 1.51. The van der Waals surface area contributed by atoms with E-state index < -0.39 is 84.6 Å².